The Hall–Kier alpha value is -2.51. The third-order valence-electron chi connectivity index (χ3n) is 3.48. The number of rotatable bonds is 7. The first-order valence-corrected chi connectivity index (χ1v) is 9.29. The molecule has 0 N–H and O–H groups in total. The number of aromatic nitrogens is 3. The molecule has 0 aliphatic heterocycles. The fourth-order valence-corrected chi connectivity index (χ4v) is 3.24. The molecule has 0 unspecified atom stereocenters. The van der Waals surface area contributed by atoms with Gasteiger partial charge in [-0.1, -0.05) is 29.9 Å². The Bertz CT molecular complexity index is 855. The van der Waals surface area contributed by atoms with E-state index in [9.17, 15) is 4.79 Å². The zero-order valence-electron chi connectivity index (χ0n) is 14.1. The van der Waals surface area contributed by atoms with Gasteiger partial charge in [0.15, 0.2) is 11.6 Å². The molecule has 2 aromatic heterocycles. The highest BCUT2D eigenvalue weighted by atomic mass is 35.5. The first-order valence-electron chi connectivity index (χ1n) is 8.10. The van der Waals surface area contributed by atoms with Gasteiger partial charge in [0.05, 0.1) is 0 Å². The van der Waals surface area contributed by atoms with Gasteiger partial charge < -0.3 is 4.74 Å². The van der Waals surface area contributed by atoms with E-state index in [4.69, 9.17) is 16.3 Å². The molecule has 0 bridgehead atoms. The van der Waals surface area contributed by atoms with Crippen LogP contribution in [0.4, 0.5) is 5.13 Å². The van der Waals surface area contributed by atoms with E-state index in [1.807, 2.05) is 19.1 Å². The first kappa shape index (κ1) is 18.3. The van der Waals surface area contributed by atoms with Gasteiger partial charge in [0, 0.05) is 29.5 Å². The van der Waals surface area contributed by atoms with E-state index in [0.29, 0.717) is 22.4 Å². The summed E-state index contributed by atoms with van der Waals surface area (Å²) in [5.74, 6) is 0.420. The molecule has 0 spiro atoms. The van der Waals surface area contributed by atoms with Crippen LogP contribution in [0.25, 0.3) is 10.6 Å². The second-order valence-electron chi connectivity index (χ2n) is 5.42. The molecule has 2 heterocycles. The molecular weight excluding hydrogens is 372 g/mol. The average molecular weight is 389 g/mol. The van der Waals surface area contributed by atoms with Crippen molar-refractivity contribution in [2.75, 3.05) is 18.1 Å². The highest BCUT2D eigenvalue weighted by molar-refractivity contribution is 7.18. The van der Waals surface area contributed by atoms with Gasteiger partial charge in [0.25, 0.3) is 5.91 Å². The van der Waals surface area contributed by atoms with Crippen LogP contribution in [0.15, 0.2) is 48.8 Å². The molecule has 1 amide bonds. The van der Waals surface area contributed by atoms with Crippen LogP contribution in [-0.2, 0) is 4.79 Å². The van der Waals surface area contributed by atoms with Crippen molar-refractivity contribution < 1.29 is 9.53 Å². The zero-order chi connectivity index (χ0) is 18.4. The quantitative estimate of drug-likeness (QED) is 0.610. The summed E-state index contributed by atoms with van der Waals surface area (Å²) in [5.41, 5.74) is 0.873. The summed E-state index contributed by atoms with van der Waals surface area (Å²) in [5, 5.41) is 10.2. The van der Waals surface area contributed by atoms with Crippen LogP contribution in [0, 0.1) is 0 Å². The lowest BCUT2D eigenvalue weighted by Crippen LogP contribution is -2.35. The summed E-state index contributed by atoms with van der Waals surface area (Å²) in [4.78, 5) is 18.3. The Kier molecular flexibility index (Phi) is 6.14. The summed E-state index contributed by atoms with van der Waals surface area (Å²) in [7, 11) is 0. The molecule has 0 saturated carbocycles. The number of carbonyl (C=O) groups excluding carboxylic acids is 1. The molecule has 8 heteroatoms. The van der Waals surface area contributed by atoms with Gasteiger partial charge in [-0.2, -0.15) is 0 Å². The molecule has 0 radical (unpaired) electrons. The molecule has 3 aromatic rings. The number of benzene rings is 1. The molecule has 6 nitrogen and oxygen atoms in total. The van der Waals surface area contributed by atoms with Crippen molar-refractivity contribution in [3.05, 3.63) is 53.8 Å². The van der Waals surface area contributed by atoms with Crippen molar-refractivity contribution in [2.45, 2.75) is 13.3 Å². The largest absolute Gasteiger partial charge is 0.484 e. The average Bonchev–Trinajstić information content (AvgIpc) is 3.16. The van der Waals surface area contributed by atoms with Crippen molar-refractivity contribution in [3.8, 4) is 16.3 Å². The Morgan fingerprint density at radius 2 is 2.04 bits per heavy atom. The van der Waals surface area contributed by atoms with Crippen LogP contribution < -0.4 is 9.64 Å². The summed E-state index contributed by atoms with van der Waals surface area (Å²) in [6.07, 6.45) is 4.22. The summed E-state index contributed by atoms with van der Waals surface area (Å²) in [6, 6.07) is 10.6. The minimum atomic E-state index is -0.171. The molecule has 0 aliphatic rings. The SMILES string of the molecule is CCCN(C(=O)COc1ccc(Cl)cc1)c1nnc(-c2cccnc2)s1. The Labute approximate surface area is 160 Å². The summed E-state index contributed by atoms with van der Waals surface area (Å²) < 4.78 is 5.56. The lowest BCUT2D eigenvalue weighted by atomic mass is 10.3. The number of amides is 1. The maximum absolute atomic E-state index is 12.6. The molecular formula is C18H17ClN4O2S. The number of pyridine rings is 1. The fourth-order valence-electron chi connectivity index (χ4n) is 2.23. The number of halogens is 1. The van der Waals surface area contributed by atoms with Gasteiger partial charge in [0.2, 0.25) is 5.13 Å². The minimum Gasteiger partial charge on any atom is -0.484 e. The van der Waals surface area contributed by atoms with Crippen LogP contribution in [0.2, 0.25) is 5.02 Å². The van der Waals surface area contributed by atoms with Crippen molar-refractivity contribution in [2.24, 2.45) is 0 Å². The monoisotopic (exact) mass is 388 g/mol. The Morgan fingerprint density at radius 1 is 1.23 bits per heavy atom. The van der Waals surface area contributed by atoms with Crippen LogP contribution >= 0.6 is 22.9 Å². The van der Waals surface area contributed by atoms with Gasteiger partial charge in [-0.3, -0.25) is 14.7 Å². The zero-order valence-corrected chi connectivity index (χ0v) is 15.7. The minimum absolute atomic E-state index is 0.0799. The van der Waals surface area contributed by atoms with E-state index in [1.165, 1.54) is 11.3 Å². The van der Waals surface area contributed by atoms with Gasteiger partial charge in [0.1, 0.15) is 5.75 Å². The summed E-state index contributed by atoms with van der Waals surface area (Å²) >= 11 is 7.21. The van der Waals surface area contributed by atoms with E-state index in [2.05, 4.69) is 15.2 Å². The normalized spacial score (nSPS) is 10.5. The first-order chi connectivity index (χ1) is 12.7. The van der Waals surface area contributed by atoms with E-state index in [-0.39, 0.29) is 12.5 Å². The molecule has 1 aromatic carbocycles. The molecule has 0 saturated heterocycles. The van der Waals surface area contributed by atoms with E-state index in [0.717, 1.165) is 17.0 Å². The molecule has 0 aliphatic carbocycles. The Morgan fingerprint density at radius 3 is 2.73 bits per heavy atom. The van der Waals surface area contributed by atoms with Gasteiger partial charge >= 0.3 is 0 Å². The van der Waals surface area contributed by atoms with Gasteiger partial charge in [-0.25, -0.2) is 0 Å². The summed E-state index contributed by atoms with van der Waals surface area (Å²) in [6.45, 7) is 2.47. The fraction of sp³-hybridized carbons (Fsp3) is 0.222. The maximum atomic E-state index is 12.6. The van der Waals surface area contributed by atoms with Gasteiger partial charge in [-0.15, -0.1) is 10.2 Å². The maximum Gasteiger partial charge on any atom is 0.266 e. The standard InChI is InChI=1S/C18H17ClN4O2S/c1-2-10-23(16(24)12-25-15-7-5-14(19)6-8-15)18-22-21-17(26-18)13-4-3-9-20-11-13/h3-9,11H,2,10,12H2,1H3. The van der Waals surface area contributed by atoms with Crippen LogP contribution in [0.5, 0.6) is 5.75 Å². The number of carbonyl (C=O) groups is 1. The van der Waals surface area contributed by atoms with Crippen LogP contribution in [0.1, 0.15) is 13.3 Å². The Balaban J connectivity index is 1.71. The molecule has 134 valence electrons. The smallest absolute Gasteiger partial charge is 0.266 e. The topological polar surface area (TPSA) is 68.2 Å². The number of hydrogen-bond acceptors (Lipinski definition) is 6. The number of nitrogens with zero attached hydrogens (tertiary/aromatic N) is 4. The van der Waals surface area contributed by atoms with Crippen LogP contribution in [0.3, 0.4) is 0 Å². The second-order valence-corrected chi connectivity index (χ2v) is 6.81. The van der Waals surface area contributed by atoms with Crippen LogP contribution in [-0.4, -0.2) is 34.2 Å². The molecule has 0 atom stereocenters. The lowest BCUT2D eigenvalue weighted by molar-refractivity contribution is -0.120. The van der Waals surface area contributed by atoms with Crippen molar-refractivity contribution in [3.63, 3.8) is 0 Å². The molecule has 26 heavy (non-hydrogen) atoms. The van der Waals surface area contributed by atoms with E-state index >= 15 is 0 Å². The predicted molar refractivity (Wildman–Crippen MR) is 103 cm³/mol. The van der Waals surface area contributed by atoms with E-state index in [1.54, 1.807) is 41.6 Å². The second kappa shape index (κ2) is 8.73. The predicted octanol–water partition coefficient (Wildman–Crippen LogP) is 4.08. The number of ether oxygens (including phenoxy) is 1. The van der Waals surface area contributed by atoms with Crippen molar-refractivity contribution in [1.29, 1.82) is 0 Å². The van der Waals surface area contributed by atoms with Gasteiger partial charge in [-0.05, 0) is 42.8 Å². The van der Waals surface area contributed by atoms with E-state index < -0.39 is 0 Å². The molecule has 3 rings (SSSR count). The third kappa shape index (κ3) is 4.56. The number of anilines is 1. The van der Waals surface area contributed by atoms with Crippen molar-refractivity contribution >= 4 is 34.0 Å². The van der Waals surface area contributed by atoms with Crippen molar-refractivity contribution in [1.82, 2.24) is 15.2 Å². The highest BCUT2D eigenvalue weighted by Gasteiger charge is 2.20. The highest BCUT2D eigenvalue weighted by Crippen LogP contribution is 2.28. The molecule has 0 fully saturated rings. The third-order valence-corrected chi connectivity index (χ3v) is 4.73. The lowest BCUT2D eigenvalue weighted by Gasteiger charge is -2.18. The number of hydrogen-bond donors (Lipinski definition) is 0.